The van der Waals surface area contributed by atoms with Crippen molar-refractivity contribution in [3.05, 3.63) is 63.0 Å². The van der Waals surface area contributed by atoms with Crippen LogP contribution in [-0.4, -0.2) is 26.1 Å². The van der Waals surface area contributed by atoms with Crippen LogP contribution in [0.25, 0.3) is 34.3 Å². The molecule has 0 fully saturated rings. The lowest BCUT2D eigenvalue weighted by molar-refractivity contribution is 0.236. The molecule has 9 nitrogen and oxygen atoms in total. The summed E-state index contributed by atoms with van der Waals surface area (Å²) in [6.07, 6.45) is 0. The largest absolute Gasteiger partial charge is 0.454 e. The van der Waals surface area contributed by atoms with Crippen molar-refractivity contribution in [1.82, 2.24) is 30.7 Å². The number of furan rings is 1. The Morgan fingerprint density at radius 2 is 2.16 bits per heavy atom. The van der Waals surface area contributed by atoms with Gasteiger partial charge in [-0.25, -0.2) is 9.78 Å². The molecule has 0 spiro atoms. The number of aromatic nitrogens is 4. The van der Waals surface area contributed by atoms with E-state index in [1.807, 2.05) is 42.6 Å². The molecule has 0 radical (unpaired) electrons. The Bertz CT molecular complexity index is 1370. The average molecular weight is 513 g/mol. The van der Waals surface area contributed by atoms with E-state index in [9.17, 15) is 4.79 Å². The van der Waals surface area contributed by atoms with Crippen molar-refractivity contribution in [2.24, 2.45) is 0 Å². The van der Waals surface area contributed by atoms with Gasteiger partial charge in [-0.1, -0.05) is 27.2 Å². The van der Waals surface area contributed by atoms with Gasteiger partial charge >= 0.3 is 6.03 Å². The van der Waals surface area contributed by atoms with Crippen LogP contribution in [0.5, 0.6) is 0 Å². The molecule has 0 saturated heterocycles. The van der Waals surface area contributed by atoms with Gasteiger partial charge in [0.1, 0.15) is 5.76 Å². The van der Waals surface area contributed by atoms with Crippen LogP contribution in [0, 0.1) is 0 Å². The quantitative estimate of drug-likeness (QED) is 0.285. The molecular formula is C21H17BrN6O3S. The van der Waals surface area contributed by atoms with E-state index in [1.165, 1.54) is 0 Å². The zero-order valence-corrected chi connectivity index (χ0v) is 19.2. The number of aromatic amines is 1. The number of nitrogens with zero attached hydrogens (tertiary/aromatic N) is 3. The highest BCUT2D eigenvalue weighted by atomic mass is 79.9. The summed E-state index contributed by atoms with van der Waals surface area (Å²) in [7, 11) is 0. The summed E-state index contributed by atoms with van der Waals surface area (Å²) in [4.78, 5) is 25.2. The van der Waals surface area contributed by atoms with Crippen LogP contribution in [0.1, 0.15) is 23.6 Å². The van der Waals surface area contributed by atoms with E-state index >= 15 is 0 Å². The van der Waals surface area contributed by atoms with Gasteiger partial charge in [0, 0.05) is 9.35 Å². The highest BCUT2D eigenvalue weighted by Gasteiger charge is 2.17. The van der Waals surface area contributed by atoms with Crippen molar-refractivity contribution in [2.45, 2.75) is 19.5 Å². The molecule has 5 rings (SSSR count). The number of rotatable bonds is 6. The first-order valence-corrected chi connectivity index (χ1v) is 11.4. The number of H-pyrrole nitrogens is 1. The maximum absolute atomic E-state index is 12.1. The number of amides is 2. The second-order valence-corrected chi connectivity index (χ2v) is 8.90. The molecule has 1 aromatic carbocycles. The monoisotopic (exact) mass is 512 g/mol. The Hall–Kier alpha value is -3.44. The van der Waals surface area contributed by atoms with E-state index < -0.39 is 0 Å². The molecule has 0 saturated carbocycles. The van der Waals surface area contributed by atoms with Gasteiger partial charge in [-0.15, -0.1) is 11.3 Å². The summed E-state index contributed by atoms with van der Waals surface area (Å²) in [5.41, 5.74) is 1.66. The second-order valence-electron chi connectivity index (χ2n) is 7.00. The first-order chi connectivity index (χ1) is 15.5. The maximum atomic E-state index is 12.1. The molecule has 5 aromatic rings. The first kappa shape index (κ1) is 20.5. The predicted octanol–water partition coefficient (Wildman–Crippen LogP) is 5.26. The number of imidazole rings is 1. The predicted molar refractivity (Wildman–Crippen MR) is 123 cm³/mol. The van der Waals surface area contributed by atoms with Crippen molar-refractivity contribution in [2.75, 3.05) is 0 Å². The third-order valence-corrected chi connectivity index (χ3v) is 6.24. The van der Waals surface area contributed by atoms with Crippen molar-refractivity contribution in [3.63, 3.8) is 0 Å². The highest BCUT2D eigenvalue weighted by molar-refractivity contribution is 9.10. The first-order valence-electron chi connectivity index (χ1n) is 9.71. The minimum Gasteiger partial charge on any atom is -0.454 e. The Labute approximate surface area is 194 Å². The lowest BCUT2D eigenvalue weighted by atomic mass is 10.3. The van der Waals surface area contributed by atoms with Gasteiger partial charge in [0.05, 0.1) is 23.6 Å². The van der Waals surface area contributed by atoms with Gasteiger partial charge in [-0.05, 0) is 48.7 Å². The smallest absolute Gasteiger partial charge is 0.315 e. The summed E-state index contributed by atoms with van der Waals surface area (Å²) in [5, 5.41) is 11.6. The van der Waals surface area contributed by atoms with E-state index in [0.29, 0.717) is 23.2 Å². The molecule has 11 heteroatoms. The van der Waals surface area contributed by atoms with Crippen molar-refractivity contribution in [1.29, 1.82) is 0 Å². The van der Waals surface area contributed by atoms with Crippen LogP contribution in [0.15, 0.2) is 61.3 Å². The van der Waals surface area contributed by atoms with Gasteiger partial charge in [0.2, 0.25) is 5.82 Å². The summed E-state index contributed by atoms with van der Waals surface area (Å²) in [6.45, 7) is 2.16. The van der Waals surface area contributed by atoms with E-state index in [0.717, 1.165) is 20.4 Å². The normalized spacial score (nSPS) is 12.2. The van der Waals surface area contributed by atoms with Crippen LogP contribution >= 0.6 is 27.3 Å². The number of carbonyl (C=O) groups is 1. The molecule has 1 atom stereocenters. The number of benzene rings is 1. The number of urea groups is 1. The molecule has 2 amide bonds. The zero-order valence-electron chi connectivity index (χ0n) is 16.8. The van der Waals surface area contributed by atoms with Gasteiger partial charge < -0.3 is 24.6 Å². The molecule has 0 aliphatic heterocycles. The number of halogens is 1. The van der Waals surface area contributed by atoms with E-state index in [4.69, 9.17) is 8.94 Å². The maximum Gasteiger partial charge on any atom is 0.315 e. The summed E-state index contributed by atoms with van der Waals surface area (Å²) >= 11 is 5.03. The molecule has 3 N–H and O–H groups in total. The topological polar surface area (TPSA) is 122 Å². The fourth-order valence-electron chi connectivity index (χ4n) is 3.12. The van der Waals surface area contributed by atoms with Crippen LogP contribution in [0.3, 0.4) is 0 Å². The third kappa shape index (κ3) is 4.30. The second kappa shape index (κ2) is 8.60. The van der Waals surface area contributed by atoms with Crippen LogP contribution in [-0.2, 0) is 6.54 Å². The van der Waals surface area contributed by atoms with E-state index in [-0.39, 0.29) is 24.5 Å². The Morgan fingerprint density at radius 1 is 1.25 bits per heavy atom. The number of fused-ring (bicyclic) bond motifs is 1. The molecule has 162 valence electrons. The van der Waals surface area contributed by atoms with Crippen molar-refractivity contribution in [3.8, 4) is 23.3 Å². The fourth-order valence-corrected chi connectivity index (χ4v) is 4.21. The lowest BCUT2D eigenvalue weighted by Gasteiger charge is -2.12. The van der Waals surface area contributed by atoms with Crippen molar-refractivity contribution < 1.29 is 13.7 Å². The SMILES string of the molecule is CC(NC(=O)NCc1ccc(-c2nc(-c3nc4ccc(Br)cc4[nH]3)no2)o1)c1cccs1. The van der Waals surface area contributed by atoms with Crippen LogP contribution < -0.4 is 10.6 Å². The average Bonchev–Trinajstić information content (AvgIpc) is 3.57. The molecule has 4 aromatic heterocycles. The third-order valence-electron chi connectivity index (χ3n) is 4.69. The Kier molecular flexibility index (Phi) is 5.50. The molecule has 0 aliphatic rings. The molecular weight excluding hydrogens is 496 g/mol. The van der Waals surface area contributed by atoms with Gasteiger partial charge in [-0.3, -0.25) is 0 Å². The van der Waals surface area contributed by atoms with Gasteiger partial charge in [0.15, 0.2) is 11.6 Å². The molecule has 4 heterocycles. The van der Waals surface area contributed by atoms with Crippen LogP contribution in [0.2, 0.25) is 0 Å². The molecule has 1 unspecified atom stereocenters. The highest BCUT2D eigenvalue weighted by Crippen LogP contribution is 2.25. The fraction of sp³-hybridized carbons (Fsp3) is 0.143. The van der Waals surface area contributed by atoms with Crippen LogP contribution in [0.4, 0.5) is 4.79 Å². The van der Waals surface area contributed by atoms with Gasteiger partial charge in [0.25, 0.3) is 5.89 Å². The minimum atomic E-state index is -0.277. The Morgan fingerprint density at radius 3 is 3.00 bits per heavy atom. The number of hydrogen-bond acceptors (Lipinski definition) is 7. The number of carbonyl (C=O) groups excluding carboxylic acids is 1. The number of hydrogen-bond donors (Lipinski definition) is 3. The van der Waals surface area contributed by atoms with Crippen molar-refractivity contribution >= 4 is 44.3 Å². The molecule has 0 bridgehead atoms. The number of thiophene rings is 1. The Balaban J connectivity index is 1.23. The van der Waals surface area contributed by atoms with Gasteiger partial charge in [-0.2, -0.15) is 4.98 Å². The number of nitrogens with one attached hydrogen (secondary N) is 3. The minimum absolute atomic E-state index is 0.0710. The summed E-state index contributed by atoms with van der Waals surface area (Å²) in [5.74, 6) is 2.02. The van der Waals surface area contributed by atoms with E-state index in [1.54, 1.807) is 23.5 Å². The summed E-state index contributed by atoms with van der Waals surface area (Å²) < 4.78 is 12.0. The lowest BCUT2D eigenvalue weighted by Crippen LogP contribution is -2.36. The summed E-state index contributed by atoms with van der Waals surface area (Å²) in [6, 6.07) is 12.8. The molecule has 32 heavy (non-hydrogen) atoms. The van der Waals surface area contributed by atoms with E-state index in [2.05, 4.69) is 46.7 Å². The zero-order chi connectivity index (χ0) is 22.1. The molecule has 0 aliphatic carbocycles. The standard InChI is InChI=1S/C21H17BrN6O3S/c1-11(17-3-2-8-32-17)24-21(29)23-10-13-5-7-16(30-13)20-27-19(28-31-20)18-25-14-6-4-12(22)9-15(14)26-18/h2-9,11H,10H2,1H3,(H,25,26)(H2,23,24,29).